The van der Waals surface area contributed by atoms with Gasteiger partial charge in [0, 0.05) is 12.3 Å². The second kappa shape index (κ2) is 6.69. The molecule has 1 aromatic heterocycles. The van der Waals surface area contributed by atoms with Gasteiger partial charge < -0.3 is 14.5 Å². The van der Waals surface area contributed by atoms with Crippen LogP contribution in [0.2, 0.25) is 0 Å². The lowest BCUT2D eigenvalue weighted by Crippen LogP contribution is -2.18. The van der Waals surface area contributed by atoms with Gasteiger partial charge in [0.25, 0.3) is 0 Å². The first-order valence-electron chi connectivity index (χ1n) is 5.01. The summed E-state index contributed by atoms with van der Waals surface area (Å²) in [5.74, 6) is -0.131. The van der Waals surface area contributed by atoms with Crippen LogP contribution in [-0.4, -0.2) is 30.9 Å². The average Bonchev–Trinajstić information content (AvgIpc) is 2.75. The highest BCUT2D eigenvalue weighted by Gasteiger charge is 2.27. The molecule has 1 rings (SSSR count). The lowest BCUT2D eigenvalue weighted by atomic mass is 10.4. The zero-order chi connectivity index (χ0) is 13.6. The Kier molecular flexibility index (Phi) is 5.54. The Morgan fingerprint density at radius 3 is 2.83 bits per heavy atom. The third-order valence-electron chi connectivity index (χ3n) is 1.89. The minimum absolute atomic E-state index is 0.0685. The number of ether oxygens (including phenoxy) is 1. The summed E-state index contributed by atoms with van der Waals surface area (Å²) in [6.07, 6.45) is 0. The molecule has 1 N–H and O–H groups in total. The third-order valence-corrected chi connectivity index (χ3v) is 2.63. The van der Waals surface area contributed by atoms with E-state index in [-0.39, 0.29) is 36.4 Å². The number of thioether (sulfide) groups is 1. The Balaban J connectivity index is 2.24. The molecule has 0 unspecified atom stereocenters. The highest BCUT2D eigenvalue weighted by atomic mass is 32.2. The lowest BCUT2D eigenvalue weighted by molar-refractivity contribution is -0.0327. The molecule has 8 heteroatoms. The van der Waals surface area contributed by atoms with Gasteiger partial charge in [-0.1, -0.05) is 0 Å². The molecule has 102 valence electrons. The summed E-state index contributed by atoms with van der Waals surface area (Å²) in [7, 11) is 1.23. The van der Waals surface area contributed by atoms with E-state index < -0.39 is 11.5 Å². The Bertz CT molecular complexity index is 392. The fourth-order valence-corrected chi connectivity index (χ4v) is 1.61. The monoisotopic (exact) mass is 283 g/mol. The number of carbonyl (C=O) groups excluding carboxylic acids is 1. The number of hydrogen-bond donors (Lipinski definition) is 1. The van der Waals surface area contributed by atoms with E-state index in [9.17, 15) is 18.0 Å². The van der Waals surface area contributed by atoms with Crippen LogP contribution in [0.4, 0.5) is 13.2 Å². The van der Waals surface area contributed by atoms with Crippen LogP contribution >= 0.6 is 11.8 Å². The van der Waals surface area contributed by atoms with E-state index in [0.29, 0.717) is 5.76 Å². The van der Waals surface area contributed by atoms with Gasteiger partial charge in [0.05, 0.1) is 13.7 Å². The van der Waals surface area contributed by atoms with E-state index in [1.54, 1.807) is 6.07 Å². The molecule has 0 spiro atoms. The topological polar surface area (TPSA) is 51.5 Å². The molecule has 0 amide bonds. The van der Waals surface area contributed by atoms with Crippen LogP contribution in [0.1, 0.15) is 16.3 Å². The van der Waals surface area contributed by atoms with Crippen LogP contribution in [0, 0.1) is 0 Å². The van der Waals surface area contributed by atoms with E-state index in [2.05, 4.69) is 10.1 Å². The molecule has 18 heavy (non-hydrogen) atoms. The van der Waals surface area contributed by atoms with Crippen LogP contribution in [0.5, 0.6) is 0 Å². The summed E-state index contributed by atoms with van der Waals surface area (Å²) in [4.78, 5) is 11.0. The highest BCUT2D eigenvalue weighted by Crippen LogP contribution is 2.29. The van der Waals surface area contributed by atoms with Crippen LogP contribution in [-0.2, 0) is 11.3 Å². The van der Waals surface area contributed by atoms with Crippen molar-refractivity contribution in [3.05, 3.63) is 23.7 Å². The quantitative estimate of drug-likeness (QED) is 0.642. The molecule has 0 aliphatic heterocycles. The lowest BCUT2D eigenvalue weighted by Gasteiger charge is -2.05. The maximum Gasteiger partial charge on any atom is 0.441 e. The summed E-state index contributed by atoms with van der Waals surface area (Å²) in [6.45, 7) is 0.452. The van der Waals surface area contributed by atoms with Crippen molar-refractivity contribution < 1.29 is 27.1 Å². The van der Waals surface area contributed by atoms with Crippen molar-refractivity contribution in [3.8, 4) is 0 Å². The Morgan fingerprint density at radius 1 is 1.50 bits per heavy atom. The Labute approximate surface area is 106 Å². The number of nitrogens with one attached hydrogen (secondary N) is 1. The zero-order valence-corrected chi connectivity index (χ0v) is 10.4. The van der Waals surface area contributed by atoms with E-state index in [4.69, 9.17) is 4.42 Å². The fourth-order valence-electron chi connectivity index (χ4n) is 1.13. The van der Waals surface area contributed by atoms with Gasteiger partial charge in [-0.3, -0.25) is 0 Å². The molecule has 0 aliphatic rings. The van der Waals surface area contributed by atoms with E-state index in [1.807, 2.05) is 0 Å². The van der Waals surface area contributed by atoms with Gasteiger partial charge in [-0.15, -0.1) is 0 Å². The SMILES string of the molecule is COC(=O)c1ccc(CNCCSC(F)(F)F)o1. The smallest absolute Gasteiger partial charge is 0.441 e. The molecule has 0 atom stereocenters. The molecule has 0 saturated carbocycles. The van der Waals surface area contributed by atoms with Gasteiger partial charge in [-0.2, -0.15) is 13.2 Å². The maximum atomic E-state index is 11.8. The van der Waals surface area contributed by atoms with E-state index in [0.717, 1.165) is 0 Å². The largest absolute Gasteiger partial charge is 0.463 e. The molecule has 0 bridgehead atoms. The second-order valence-corrected chi connectivity index (χ2v) is 4.39. The summed E-state index contributed by atoms with van der Waals surface area (Å²) >= 11 is -0.0848. The van der Waals surface area contributed by atoms with Crippen LogP contribution in [0.15, 0.2) is 16.5 Å². The number of halogens is 3. The predicted octanol–water partition coefficient (Wildman–Crippen LogP) is 2.41. The normalized spacial score (nSPS) is 11.6. The van der Waals surface area contributed by atoms with Crippen molar-refractivity contribution in [1.29, 1.82) is 0 Å². The van der Waals surface area contributed by atoms with Gasteiger partial charge in [0.2, 0.25) is 5.76 Å². The van der Waals surface area contributed by atoms with Crippen molar-refractivity contribution in [2.24, 2.45) is 0 Å². The standard InChI is InChI=1S/C10H12F3NO3S/c1-16-9(15)8-3-2-7(17-8)6-14-4-5-18-10(11,12)13/h2-3,14H,4-6H2,1H3. The maximum absolute atomic E-state index is 11.8. The predicted molar refractivity (Wildman–Crippen MR) is 60.3 cm³/mol. The number of hydrogen-bond acceptors (Lipinski definition) is 5. The average molecular weight is 283 g/mol. The van der Waals surface area contributed by atoms with Crippen LogP contribution in [0.25, 0.3) is 0 Å². The van der Waals surface area contributed by atoms with Gasteiger partial charge in [0.1, 0.15) is 5.76 Å². The van der Waals surface area contributed by atoms with Crippen LogP contribution < -0.4 is 5.32 Å². The molecule has 0 saturated heterocycles. The summed E-state index contributed by atoms with van der Waals surface area (Å²) in [5.41, 5.74) is -4.20. The molecule has 1 aromatic rings. The second-order valence-electron chi connectivity index (χ2n) is 3.23. The van der Waals surface area contributed by atoms with Gasteiger partial charge in [-0.25, -0.2) is 4.79 Å². The minimum atomic E-state index is -4.20. The fraction of sp³-hybridized carbons (Fsp3) is 0.500. The van der Waals surface area contributed by atoms with Crippen molar-refractivity contribution >= 4 is 17.7 Å². The summed E-state index contributed by atoms with van der Waals surface area (Å²) in [6, 6.07) is 3.02. The first kappa shape index (κ1) is 14.9. The highest BCUT2D eigenvalue weighted by molar-refractivity contribution is 8.00. The first-order chi connectivity index (χ1) is 8.42. The third kappa shape index (κ3) is 5.46. The number of alkyl halides is 3. The number of rotatable bonds is 6. The van der Waals surface area contributed by atoms with Gasteiger partial charge >= 0.3 is 11.5 Å². The number of methoxy groups -OCH3 is 1. The molecule has 0 aliphatic carbocycles. The van der Waals surface area contributed by atoms with Crippen molar-refractivity contribution in [2.45, 2.75) is 12.1 Å². The van der Waals surface area contributed by atoms with E-state index >= 15 is 0 Å². The molecule has 4 nitrogen and oxygen atoms in total. The summed E-state index contributed by atoms with van der Waals surface area (Å²) in [5, 5.41) is 2.78. The molecule has 0 radical (unpaired) electrons. The Morgan fingerprint density at radius 2 is 2.22 bits per heavy atom. The number of esters is 1. The molecule has 0 aromatic carbocycles. The van der Waals surface area contributed by atoms with Crippen molar-refractivity contribution in [2.75, 3.05) is 19.4 Å². The van der Waals surface area contributed by atoms with Crippen molar-refractivity contribution in [1.82, 2.24) is 5.32 Å². The van der Waals surface area contributed by atoms with Crippen molar-refractivity contribution in [3.63, 3.8) is 0 Å². The first-order valence-corrected chi connectivity index (χ1v) is 5.99. The minimum Gasteiger partial charge on any atom is -0.463 e. The summed E-state index contributed by atoms with van der Waals surface area (Å²) < 4.78 is 45.0. The number of furan rings is 1. The Hall–Kier alpha value is -1.15. The van der Waals surface area contributed by atoms with Gasteiger partial charge in [-0.05, 0) is 23.9 Å². The molecular formula is C10H12F3NO3S. The van der Waals surface area contributed by atoms with Gasteiger partial charge in [0.15, 0.2) is 0 Å². The molecular weight excluding hydrogens is 271 g/mol. The van der Waals surface area contributed by atoms with E-state index in [1.165, 1.54) is 13.2 Å². The number of carbonyl (C=O) groups is 1. The molecule has 0 fully saturated rings. The van der Waals surface area contributed by atoms with Crippen LogP contribution in [0.3, 0.4) is 0 Å². The zero-order valence-electron chi connectivity index (χ0n) is 9.54. The molecule has 1 heterocycles.